The predicted molar refractivity (Wildman–Crippen MR) is 90.8 cm³/mol. The van der Waals surface area contributed by atoms with E-state index in [1.165, 1.54) is 0 Å². The first-order valence-corrected chi connectivity index (χ1v) is 7.32. The van der Waals surface area contributed by atoms with Gasteiger partial charge in [-0.05, 0) is 29.7 Å². The smallest absolute Gasteiger partial charge is 0.324 e. The molecule has 4 nitrogen and oxygen atoms in total. The largest absolute Gasteiger partial charge is 0.509 e. The molecular formula is C19H17N3O. The maximum absolute atomic E-state index is 10.6. The maximum atomic E-state index is 10.6. The molecule has 0 bridgehead atoms. The van der Waals surface area contributed by atoms with E-state index in [0.717, 1.165) is 16.7 Å². The molecule has 0 aromatic heterocycles. The monoisotopic (exact) mass is 303 g/mol. The van der Waals surface area contributed by atoms with Crippen LogP contribution < -0.4 is 5.73 Å². The van der Waals surface area contributed by atoms with Crippen molar-refractivity contribution in [2.45, 2.75) is 12.5 Å². The summed E-state index contributed by atoms with van der Waals surface area (Å²) in [7, 11) is 0. The van der Waals surface area contributed by atoms with Crippen LogP contribution in [-0.2, 0) is 5.54 Å². The number of hydrogen-bond donors (Lipinski definition) is 2. The van der Waals surface area contributed by atoms with Crippen molar-refractivity contribution in [3.63, 3.8) is 0 Å². The van der Waals surface area contributed by atoms with Crippen LogP contribution in [0.1, 0.15) is 16.7 Å². The highest BCUT2D eigenvalue weighted by atomic mass is 16.3. The minimum Gasteiger partial charge on any atom is -0.509 e. The molecular weight excluding hydrogens is 286 g/mol. The van der Waals surface area contributed by atoms with Gasteiger partial charge in [0.1, 0.15) is 5.76 Å². The van der Waals surface area contributed by atoms with Crippen LogP contribution in [0.4, 0.5) is 0 Å². The molecule has 4 heteroatoms. The Morgan fingerprint density at radius 2 is 1.78 bits per heavy atom. The van der Waals surface area contributed by atoms with Gasteiger partial charge in [-0.1, -0.05) is 60.2 Å². The van der Waals surface area contributed by atoms with E-state index in [1.54, 1.807) is 24.3 Å². The molecule has 2 aromatic rings. The van der Waals surface area contributed by atoms with E-state index >= 15 is 0 Å². The number of aliphatic hydroxyl groups is 1. The standard InChI is InChI=1S/C19H17N3O/c1-13-6-5-7-14(10-13)15-11-17(22-21)19(20,18(23)12-15)16-8-3-2-4-9-16/h2-12,23H,20H2,1H3. The number of aliphatic hydroxyl groups excluding tert-OH is 1. The molecule has 3 N–H and O–H groups in total. The Morgan fingerprint density at radius 1 is 1.04 bits per heavy atom. The molecule has 114 valence electrons. The normalized spacial score (nSPS) is 20.5. The summed E-state index contributed by atoms with van der Waals surface area (Å²) in [5.41, 5.74) is 18.1. The van der Waals surface area contributed by atoms with E-state index < -0.39 is 5.54 Å². The quantitative estimate of drug-likeness (QED) is 0.658. The molecule has 1 aliphatic carbocycles. The minimum absolute atomic E-state index is 0.0597. The zero-order chi connectivity index (χ0) is 16.4. The second kappa shape index (κ2) is 5.69. The lowest BCUT2D eigenvalue weighted by molar-refractivity contribution is -0.0130. The highest BCUT2D eigenvalue weighted by Gasteiger charge is 2.45. The number of nitrogens with zero attached hydrogens (tertiary/aromatic N) is 2. The fourth-order valence-corrected chi connectivity index (χ4v) is 2.79. The second-order valence-electron chi connectivity index (χ2n) is 5.66. The molecule has 1 aliphatic rings. The second-order valence-corrected chi connectivity index (χ2v) is 5.66. The first kappa shape index (κ1) is 15.0. The van der Waals surface area contributed by atoms with Gasteiger partial charge in [0.25, 0.3) is 0 Å². The zero-order valence-corrected chi connectivity index (χ0v) is 12.8. The molecule has 0 fully saturated rings. The Morgan fingerprint density at radius 3 is 2.43 bits per heavy atom. The molecule has 23 heavy (non-hydrogen) atoms. The van der Waals surface area contributed by atoms with Crippen LogP contribution in [0.5, 0.6) is 0 Å². The Kier molecular flexibility index (Phi) is 3.70. The summed E-state index contributed by atoms with van der Waals surface area (Å²) in [5.74, 6) is -0.0597. The fraction of sp³-hybridized carbons (Fsp3) is 0.105. The Bertz CT molecular complexity index is 861. The van der Waals surface area contributed by atoms with Crippen LogP contribution in [0.2, 0.25) is 0 Å². The third-order valence-electron chi connectivity index (χ3n) is 4.08. The van der Waals surface area contributed by atoms with Gasteiger partial charge in [-0.2, -0.15) is 4.79 Å². The summed E-state index contributed by atoms with van der Waals surface area (Å²) in [6.45, 7) is 1.99. The van der Waals surface area contributed by atoms with Crippen LogP contribution in [0, 0.1) is 6.92 Å². The van der Waals surface area contributed by atoms with Crippen molar-refractivity contribution in [3.8, 4) is 0 Å². The van der Waals surface area contributed by atoms with Crippen molar-refractivity contribution in [1.82, 2.24) is 0 Å². The lowest BCUT2D eigenvalue weighted by atomic mass is 9.78. The lowest BCUT2D eigenvalue weighted by Gasteiger charge is -2.27. The first-order chi connectivity index (χ1) is 11.1. The van der Waals surface area contributed by atoms with Gasteiger partial charge in [0.2, 0.25) is 5.54 Å². The Balaban J connectivity index is 2.14. The average molecular weight is 303 g/mol. The third kappa shape index (κ3) is 2.50. The van der Waals surface area contributed by atoms with Crippen LogP contribution in [0.25, 0.3) is 11.1 Å². The molecule has 0 heterocycles. The fourth-order valence-electron chi connectivity index (χ4n) is 2.79. The van der Waals surface area contributed by atoms with E-state index in [9.17, 15) is 10.6 Å². The lowest BCUT2D eigenvalue weighted by Crippen LogP contribution is -2.48. The molecule has 0 saturated carbocycles. The SMILES string of the molecule is Cc1cccc(C2=CC(=[N+]=[N-])C(N)(c3ccccc3)C(O)=C2)c1. The number of benzene rings is 2. The maximum Gasteiger partial charge on any atom is 0.324 e. The number of aryl methyl sites for hydroxylation is 1. The van der Waals surface area contributed by atoms with Gasteiger partial charge in [-0.3, -0.25) is 0 Å². The van der Waals surface area contributed by atoms with Crippen LogP contribution >= 0.6 is 0 Å². The number of nitrogens with two attached hydrogens (primary N) is 1. The van der Waals surface area contributed by atoms with E-state index in [2.05, 4.69) is 4.79 Å². The molecule has 0 spiro atoms. The summed E-state index contributed by atoms with van der Waals surface area (Å²) in [4.78, 5) is 3.34. The van der Waals surface area contributed by atoms with Crippen LogP contribution in [0.15, 0.2) is 72.5 Å². The minimum atomic E-state index is -1.36. The van der Waals surface area contributed by atoms with Gasteiger partial charge in [0.15, 0.2) is 0 Å². The molecule has 0 aliphatic heterocycles. The van der Waals surface area contributed by atoms with Crippen molar-refractivity contribution in [3.05, 3.63) is 94.7 Å². The zero-order valence-electron chi connectivity index (χ0n) is 12.8. The van der Waals surface area contributed by atoms with Gasteiger partial charge >= 0.3 is 5.71 Å². The van der Waals surface area contributed by atoms with E-state index in [1.807, 2.05) is 49.4 Å². The van der Waals surface area contributed by atoms with Crippen molar-refractivity contribution < 1.29 is 9.90 Å². The van der Waals surface area contributed by atoms with Gasteiger partial charge in [-0.25, -0.2) is 0 Å². The third-order valence-corrected chi connectivity index (χ3v) is 4.08. The summed E-state index contributed by atoms with van der Waals surface area (Å²) >= 11 is 0. The van der Waals surface area contributed by atoms with Gasteiger partial charge in [-0.15, -0.1) is 0 Å². The number of allylic oxidation sites excluding steroid dienone is 2. The molecule has 1 atom stereocenters. The van der Waals surface area contributed by atoms with Crippen molar-refractivity contribution >= 4 is 11.3 Å². The van der Waals surface area contributed by atoms with E-state index in [-0.39, 0.29) is 11.5 Å². The topological polar surface area (TPSA) is 82.7 Å². The van der Waals surface area contributed by atoms with Crippen LogP contribution in [0.3, 0.4) is 0 Å². The summed E-state index contributed by atoms with van der Waals surface area (Å²) in [6.07, 6.45) is 3.32. The van der Waals surface area contributed by atoms with E-state index in [4.69, 9.17) is 5.73 Å². The Hall–Kier alpha value is -2.94. The predicted octanol–water partition coefficient (Wildman–Crippen LogP) is 3.36. The molecule has 1 unspecified atom stereocenters. The van der Waals surface area contributed by atoms with E-state index in [0.29, 0.717) is 5.56 Å². The Labute approximate surface area is 134 Å². The highest BCUT2D eigenvalue weighted by Crippen LogP contribution is 2.34. The molecule has 2 aromatic carbocycles. The van der Waals surface area contributed by atoms with Gasteiger partial charge < -0.3 is 16.4 Å². The summed E-state index contributed by atoms with van der Waals surface area (Å²) in [6, 6.07) is 17.0. The number of rotatable bonds is 2. The summed E-state index contributed by atoms with van der Waals surface area (Å²) in [5, 5.41) is 10.6. The van der Waals surface area contributed by atoms with Gasteiger partial charge in [0.05, 0.1) is 0 Å². The first-order valence-electron chi connectivity index (χ1n) is 7.32. The van der Waals surface area contributed by atoms with Crippen molar-refractivity contribution in [2.75, 3.05) is 0 Å². The molecule has 3 rings (SSSR count). The van der Waals surface area contributed by atoms with Gasteiger partial charge in [0, 0.05) is 6.08 Å². The molecule has 0 radical (unpaired) electrons. The van der Waals surface area contributed by atoms with Crippen molar-refractivity contribution in [2.24, 2.45) is 5.73 Å². The number of hydrogen-bond acceptors (Lipinski definition) is 2. The molecule has 0 saturated heterocycles. The van der Waals surface area contributed by atoms with Crippen molar-refractivity contribution in [1.29, 1.82) is 0 Å². The molecule has 0 amide bonds. The summed E-state index contributed by atoms with van der Waals surface area (Å²) < 4.78 is 0. The average Bonchev–Trinajstić information content (AvgIpc) is 2.58. The van der Waals surface area contributed by atoms with Crippen LogP contribution in [-0.4, -0.2) is 15.6 Å². The highest BCUT2D eigenvalue weighted by molar-refractivity contribution is 6.09.